The van der Waals surface area contributed by atoms with E-state index in [1.165, 1.54) is 0 Å². The SMILES string of the molecule is CCC(CC)C(=O)Nc1ccc(Nc2cc(Cl)ccc2OC)cn1. The molecule has 0 aliphatic heterocycles. The van der Waals surface area contributed by atoms with Crippen LogP contribution in [0.5, 0.6) is 5.75 Å². The van der Waals surface area contributed by atoms with Gasteiger partial charge in [0.25, 0.3) is 0 Å². The van der Waals surface area contributed by atoms with Gasteiger partial charge in [0.1, 0.15) is 11.6 Å². The van der Waals surface area contributed by atoms with Gasteiger partial charge in [0.2, 0.25) is 5.91 Å². The molecule has 0 spiro atoms. The molecule has 0 aliphatic carbocycles. The molecule has 0 aliphatic rings. The molecule has 24 heavy (non-hydrogen) atoms. The smallest absolute Gasteiger partial charge is 0.228 e. The van der Waals surface area contributed by atoms with E-state index >= 15 is 0 Å². The van der Waals surface area contributed by atoms with E-state index in [1.54, 1.807) is 37.6 Å². The van der Waals surface area contributed by atoms with Gasteiger partial charge in [-0.1, -0.05) is 25.4 Å². The first-order valence-corrected chi connectivity index (χ1v) is 8.32. The van der Waals surface area contributed by atoms with Crippen LogP contribution in [0.1, 0.15) is 26.7 Å². The monoisotopic (exact) mass is 347 g/mol. The number of aromatic nitrogens is 1. The number of hydrogen-bond donors (Lipinski definition) is 2. The van der Waals surface area contributed by atoms with Crippen molar-refractivity contribution in [1.82, 2.24) is 4.98 Å². The van der Waals surface area contributed by atoms with Gasteiger partial charge in [-0.15, -0.1) is 0 Å². The first-order valence-electron chi connectivity index (χ1n) is 7.94. The molecule has 128 valence electrons. The molecule has 0 saturated carbocycles. The quantitative estimate of drug-likeness (QED) is 0.750. The summed E-state index contributed by atoms with van der Waals surface area (Å²) in [6.07, 6.45) is 3.29. The summed E-state index contributed by atoms with van der Waals surface area (Å²) >= 11 is 6.02. The molecule has 5 nitrogen and oxygen atoms in total. The minimum absolute atomic E-state index is 0.00437. The fourth-order valence-electron chi connectivity index (χ4n) is 2.36. The summed E-state index contributed by atoms with van der Waals surface area (Å²) < 4.78 is 5.30. The number of anilines is 3. The third kappa shape index (κ3) is 4.61. The van der Waals surface area contributed by atoms with Crippen LogP contribution < -0.4 is 15.4 Å². The number of nitrogens with zero attached hydrogens (tertiary/aromatic N) is 1. The standard InChI is InChI=1S/C18H22ClN3O2/c1-4-12(5-2)18(23)22-17-9-7-14(11-20-17)21-15-10-13(19)6-8-16(15)24-3/h6-12,21H,4-5H2,1-3H3,(H,20,22,23). The fraction of sp³-hybridized carbons (Fsp3) is 0.333. The van der Waals surface area contributed by atoms with Crippen molar-refractivity contribution in [3.8, 4) is 5.75 Å². The topological polar surface area (TPSA) is 63.2 Å². The van der Waals surface area contributed by atoms with Gasteiger partial charge < -0.3 is 15.4 Å². The van der Waals surface area contributed by atoms with Crippen LogP contribution >= 0.6 is 11.6 Å². The molecule has 1 amide bonds. The van der Waals surface area contributed by atoms with E-state index in [1.807, 2.05) is 19.9 Å². The summed E-state index contributed by atoms with van der Waals surface area (Å²) in [5.74, 6) is 1.24. The molecule has 2 rings (SSSR count). The number of halogens is 1. The summed E-state index contributed by atoms with van der Waals surface area (Å²) in [4.78, 5) is 16.3. The minimum atomic E-state index is 0.00437. The van der Waals surface area contributed by atoms with Crippen molar-refractivity contribution >= 4 is 34.7 Å². The van der Waals surface area contributed by atoms with E-state index in [9.17, 15) is 4.79 Å². The Morgan fingerprint density at radius 1 is 1.25 bits per heavy atom. The summed E-state index contributed by atoms with van der Waals surface area (Å²) in [5, 5.41) is 6.66. The van der Waals surface area contributed by atoms with Gasteiger partial charge in [0, 0.05) is 10.9 Å². The number of carbonyl (C=O) groups is 1. The second kappa shape index (κ2) is 8.55. The zero-order valence-electron chi connectivity index (χ0n) is 14.1. The first kappa shape index (κ1) is 18.1. The van der Waals surface area contributed by atoms with E-state index in [0.717, 1.165) is 24.2 Å². The normalized spacial score (nSPS) is 10.5. The average Bonchev–Trinajstić information content (AvgIpc) is 2.58. The van der Waals surface area contributed by atoms with E-state index in [0.29, 0.717) is 16.6 Å². The average molecular weight is 348 g/mol. The maximum absolute atomic E-state index is 12.1. The lowest BCUT2D eigenvalue weighted by Gasteiger charge is -2.13. The van der Waals surface area contributed by atoms with Crippen LogP contribution in [0, 0.1) is 5.92 Å². The molecular formula is C18H22ClN3O2. The van der Waals surface area contributed by atoms with Crippen molar-refractivity contribution in [2.75, 3.05) is 17.7 Å². The summed E-state index contributed by atoms with van der Waals surface area (Å²) in [6.45, 7) is 4.01. The number of carbonyl (C=O) groups excluding carboxylic acids is 1. The Morgan fingerprint density at radius 2 is 2.00 bits per heavy atom. The molecular weight excluding hydrogens is 326 g/mol. The van der Waals surface area contributed by atoms with Gasteiger partial charge in [-0.2, -0.15) is 0 Å². The van der Waals surface area contributed by atoms with Crippen LogP contribution in [-0.4, -0.2) is 18.0 Å². The summed E-state index contributed by atoms with van der Waals surface area (Å²) in [6, 6.07) is 8.95. The molecule has 0 atom stereocenters. The van der Waals surface area contributed by atoms with Crippen LogP contribution in [0.4, 0.5) is 17.2 Å². The summed E-state index contributed by atoms with van der Waals surface area (Å²) in [7, 11) is 1.60. The van der Waals surface area contributed by atoms with Crippen LogP contribution in [0.2, 0.25) is 5.02 Å². The first-order chi connectivity index (χ1) is 11.6. The van der Waals surface area contributed by atoms with Gasteiger partial charge in [-0.25, -0.2) is 4.98 Å². The number of nitrogens with one attached hydrogen (secondary N) is 2. The summed E-state index contributed by atoms with van der Waals surface area (Å²) in [5.41, 5.74) is 1.52. The van der Waals surface area contributed by atoms with Gasteiger partial charge >= 0.3 is 0 Å². The predicted molar refractivity (Wildman–Crippen MR) is 98.2 cm³/mol. The van der Waals surface area contributed by atoms with Crippen LogP contribution in [0.3, 0.4) is 0 Å². The molecule has 0 fully saturated rings. The highest BCUT2D eigenvalue weighted by molar-refractivity contribution is 6.31. The number of methoxy groups -OCH3 is 1. The van der Waals surface area contributed by atoms with Crippen LogP contribution in [0.25, 0.3) is 0 Å². The number of pyridine rings is 1. The molecule has 2 N–H and O–H groups in total. The van der Waals surface area contributed by atoms with Crippen molar-refractivity contribution in [3.05, 3.63) is 41.6 Å². The molecule has 1 aromatic heterocycles. The molecule has 0 saturated heterocycles. The Balaban J connectivity index is 2.07. The minimum Gasteiger partial charge on any atom is -0.495 e. The van der Waals surface area contributed by atoms with Gasteiger partial charge in [0.05, 0.1) is 24.7 Å². The zero-order chi connectivity index (χ0) is 17.5. The lowest BCUT2D eigenvalue weighted by Crippen LogP contribution is -2.22. The number of hydrogen-bond acceptors (Lipinski definition) is 4. The largest absolute Gasteiger partial charge is 0.495 e. The highest BCUT2D eigenvalue weighted by Gasteiger charge is 2.14. The predicted octanol–water partition coefficient (Wildman–Crippen LogP) is 4.86. The van der Waals surface area contributed by atoms with E-state index in [-0.39, 0.29) is 11.8 Å². The van der Waals surface area contributed by atoms with Crippen LogP contribution in [-0.2, 0) is 4.79 Å². The lowest BCUT2D eigenvalue weighted by molar-refractivity contribution is -0.120. The van der Waals surface area contributed by atoms with Crippen molar-refractivity contribution in [2.45, 2.75) is 26.7 Å². The lowest BCUT2D eigenvalue weighted by atomic mass is 10.0. The van der Waals surface area contributed by atoms with E-state index in [4.69, 9.17) is 16.3 Å². The number of amides is 1. The Kier molecular flexibility index (Phi) is 6.44. The number of benzene rings is 1. The van der Waals surface area contributed by atoms with E-state index in [2.05, 4.69) is 15.6 Å². The Morgan fingerprint density at radius 3 is 2.58 bits per heavy atom. The number of rotatable bonds is 7. The fourth-order valence-corrected chi connectivity index (χ4v) is 2.53. The van der Waals surface area contributed by atoms with Gasteiger partial charge in [-0.3, -0.25) is 4.79 Å². The van der Waals surface area contributed by atoms with Crippen molar-refractivity contribution in [3.63, 3.8) is 0 Å². The van der Waals surface area contributed by atoms with Crippen LogP contribution in [0.15, 0.2) is 36.5 Å². The van der Waals surface area contributed by atoms with Crippen molar-refractivity contribution in [2.24, 2.45) is 5.92 Å². The van der Waals surface area contributed by atoms with Crippen molar-refractivity contribution in [1.29, 1.82) is 0 Å². The molecule has 0 unspecified atom stereocenters. The van der Waals surface area contributed by atoms with Crippen molar-refractivity contribution < 1.29 is 9.53 Å². The molecule has 0 radical (unpaired) electrons. The van der Waals surface area contributed by atoms with Gasteiger partial charge in [0.15, 0.2) is 0 Å². The molecule has 6 heteroatoms. The maximum Gasteiger partial charge on any atom is 0.228 e. The molecule has 1 aromatic carbocycles. The highest BCUT2D eigenvalue weighted by atomic mass is 35.5. The highest BCUT2D eigenvalue weighted by Crippen LogP contribution is 2.30. The molecule has 0 bridgehead atoms. The maximum atomic E-state index is 12.1. The molecule has 2 aromatic rings. The second-order valence-electron chi connectivity index (χ2n) is 5.40. The van der Waals surface area contributed by atoms with Gasteiger partial charge in [-0.05, 0) is 43.2 Å². The molecule has 1 heterocycles. The third-order valence-corrected chi connectivity index (χ3v) is 4.05. The Bertz CT molecular complexity index is 685. The Hall–Kier alpha value is -2.27. The number of ether oxygens (including phenoxy) is 1. The Labute approximate surface area is 147 Å². The van der Waals surface area contributed by atoms with E-state index < -0.39 is 0 Å². The zero-order valence-corrected chi connectivity index (χ0v) is 14.9. The second-order valence-corrected chi connectivity index (χ2v) is 5.84. The third-order valence-electron chi connectivity index (χ3n) is 3.81.